The lowest BCUT2D eigenvalue weighted by molar-refractivity contribution is 0.0709. The Morgan fingerprint density at radius 1 is 1.38 bits per heavy atom. The molecule has 2 saturated heterocycles. The van der Waals surface area contributed by atoms with E-state index in [0.717, 1.165) is 47.3 Å². The molecule has 0 unspecified atom stereocenters. The number of carbonyl (C=O) groups is 1. The third-order valence-corrected chi connectivity index (χ3v) is 6.64. The number of nitrogens with one attached hydrogen (secondary N) is 1. The molecule has 1 N–H and O–H groups in total. The van der Waals surface area contributed by atoms with E-state index in [0.29, 0.717) is 6.04 Å². The van der Waals surface area contributed by atoms with Crippen LogP contribution < -0.4 is 10.1 Å². The van der Waals surface area contributed by atoms with E-state index in [2.05, 4.69) is 27.3 Å². The summed E-state index contributed by atoms with van der Waals surface area (Å²) in [5.74, 6) is 1.29. The maximum Gasteiger partial charge on any atom is 0.266 e. The molecule has 2 aliphatic heterocycles. The second-order valence-electron chi connectivity index (χ2n) is 7.18. The summed E-state index contributed by atoms with van der Waals surface area (Å²) in [6, 6.07) is 8.80. The number of benzene rings is 1. The van der Waals surface area contributed by atoms with Crippen LogP contribution in [0, 0.1) is 13.8 Å². The number of hydrogen-bond acceptors (Lipinski definition) is 5. The summed E-state index contributed by atoms with van der Waals surface area (Å²) in [5.41, 5.74) is 2.09. The van der Waals surface area contributed by atoms with Crippen LogP contribution in [0.5, 0.6) is 5.75 Å². The molecule has 2 aliphatic rings. The van der Waals surface area contributed by atoms with Gasteiger partial charge in [-0.15, -0.1) is 11.3 Å². The first-order valence-electron chi connectivity index (χ1n) is 9.21. The minimum Gasteiger partial charge on any atom is -0.497 e. The lowest BCUT2D eigenvalue weighted by Gasteiger charge is -2.33. The number of hydrogen-bond donors (Lipinski definition) is 1. The van der Waals surface area contributed by atoms with Crippen molar-refractivity contribution in [1.82, 2.24) is 15.2 Å². The van der Waals surface area contributed by atoms with Crippen molar-refractivity contribution in [3.63, 3.8) is 0 Å². The van der Waals surface area contributed by atoms with Crippen molar-refractivity contribution in [1.29, 1.82) is 0 Å². The second-order valence-corrected chi connectivity index (χ2v) is 8.38. The molecule has 2 fully saturated rings. The summed E-state index contributed by atoms with van der Waals surface area (Å²) >= 11 is 1.51. The first-order chi connectivity index (χ1) is 12.6. The molecule has 0 spiro atoms. The maximum atomic E-state index is 13.3. The third-order valence-electron chi connectivity index (χ3n) is 5.58. The number of nitrogens with zero attached hydrogens (tertiary/aromatic N) is 2. The Labute approximate surface area is 158 Å². The van der Waals surface area contributed by atoms with Crippen LogP contribution in [0.1, 0.15) is 44.7 Å². The minimum atomic E-state index is 0.136. The van der Waals surface area contributed by atoms with Crippen LogP contribution in [0.2, 0.25) is 0 Å². The molecule has 1 aromatic heterocycles. The van der Waals surface area contributed by atoms with Gasteiger partial charge in [-0.2, -0.15) is 0 Å². The van der Waals surface area contributed by atoms with Crippen LogP contribution in [0.25, 0.3) is 0 Å². The molecule has 0 aliphatic carbocycles. The van der Waals surface area contributed by atoms with E-state index in [4.69, 9.17) is 4.74 Å². The van der Waals surface area contributed by atoms with E-state index in [1.165, 1.54) is 16.9 Å². The number of aromatic nitrogens is 1. The highest BCUT2D eigenvalue weighted by molar-refractivity contribution is 7.13. The molecule has 2 aromatic rings. The second kappa shape index (κ2) is 7.00. The van der Waals surface area contributed by atoms with Gasteiger partial charge in [-0.05, 0) is 50.9 Å². The molecule has 3 heterocycles. The quantitative estimate of drug-likeness (QED) is 0.901. The molecule has 4 rings (SSSR count). The number of ether oxygens (including phenoxy) is 1. The van der Waals surface area contributed by atoms with Crippen molar-refractivity contribution in [3.8, 4) is 5.75 Å². The van der Waals surface area contributed by atoms with Gasteiger partial charge in [-0.1, -0.05) is 12.1 Å². The molecule has 138 valence electrons. The highest BCUT2D eigenvalue weighted by Gasteiger charge is 2.46. The zero-order valence-electron chi connectivity index (χ0n) is 15.5. The van der Waals surface area contributed by atoms with Gasteiger partial charge in [0.15, 0.2) is 0 Å². The topological polar surface area (TPSA) is 54.5 Å². The fourth-order valence-corrected chi connectivity index (χ4v) is 5.27. The molecular formula is C20H25N3O2S. The number of thiazole rings is 1. The van der Waals surface area contributed by atoms with Gasteiger partial charge in [-0.3, -0.25) is 4.79 Å². The molecule has 26 heavy (non-hydrogen) atoms. The van der Waals surface area contributed by atoms with Crippen molar-refractivity contribution >= 4 is 17.2 Å². The van der Waals surface area contributed by atoms with Gasteiger partial charge >= 0.3 is 0 Å². The summed E-state index contributed by atoms with van der Waals surface area (Å²) in [5, 5.41) is 4.63. The van der Waals surface area contributed by atoms with Gasteiger partial charge in [-0.25, -0.2) is 4.98 Å². The van der Waals surface area contributed by atoms with Gasteiger partial charge in [0.05, 0.1) is 17.8 Å². The minimum absolute atomic E-state index is 0.136. The SMILES string of the molecule is COc1cccc([C@H]2CN(C(=O)c3sc(C)nc3C)[C@@H]3CCCN[C@H]23)c1. The van der Waals surface area contributed by atoms with Gasteiger partial charge in [0, 0.05) is 24.5 Å². The Balaban J connectivity index is 1.66. The van der Waals surface area contributed by atoms with Gasteiger partial charge < -0.3 is 15.0 Å². The molecule has 1 amide bonds. The lowest BCUT2D eigenvalue weighted by Crippen LogP contribution is -2.49. The first kappa shape index (κ1) is 17.5. The summed E-state index contributed by atoms with van der Waals surface area (Å²) < 4.78 is 5.41. The Morgan fingerprint density at radius 2 is 2.23 bits per heavy atom. The molecule has 1 aromatic carbocycles. The van der Waals surface area contributed by atoms with Crippen molar-refractivity contribution in [3.05, 3.63) is 45.4 Å². The molecular weight excluding hydrogens is 346 g/mol. The highest BCUT2D eigenvalue weighted by Crippen LogP contribution is 2.38. The standard InChI is InChI=1S/C20H25N3O2S/c1-12-19(26-13(2)22-12)20(24)23-11-16(18-17(23)8-5-9-21-18)14-6-4-7-15(10-14)25-3/h4,6-7,10,16-18,21H,5,8-9,11H2,1-3H3/t16-,17-,18-/m1/s1. The van der Waals surface area contributed by atoms with Gasteiger partial charge in [0.2, 0.25) is 0 Å². The largest absolute Gasteiger partial charge is 0.497 e. The fraction of sp³-hybridized carbons (Fsp3) is 0.500. The Bertz CT molecular complexity index is 819. The molecule has 6 heteroatoms. The molecule has 0 bridgehead atoms. The number of aryl methyl sites for hydroxylation is 2. The van der Waals surface area contributed by atoms with Crippen LogP contribution >= 0.6 is 11.3 Å². The summed E-state index contributed by atoms with van der Waals surface area (Å²) in [6.07, 6.45) is 2.16. The molecule has 5 nitrogen and oxygen atoms in total. The van der Waals surface area contributed by atoms with E-state index in [-0.39, 0.29) is 17.9 Å². The zero-order valence-corrected chi connectivity index (χ0v) is 16.3. The smallest absolute Gasteiger partial charge is 0.266 e. The normalized spacial score (nSPS) is 25.2. The summed E-state index contributed by atoms with van der Waals surface area (Å²) in [7, 11) is 1.69. The van der Waals surface area contributed by atoms with Gasteiger partial charge in [0.25, 0.3) is 5.91 Å². The summed E-state index contributed by atoms with van der Waals surface area (Å²) in [6.45, 7) is 5.65. The highest BCUT2D eigenvalue weighted by atomic mass is 32.1. The van der Waals surface area contributed by atoms with Crippen molar-refractivity contribution in [2.24, 2.45) is 0 Å². The van der Waals surface area contributed by atoms with Crippen LogP contribution in [-0.2, 0) is 0 Å². The fourth-order valence-electron chi connectivity index (χ4n) is 4.40. The van der Waals surface area contributed by atoms with E-state index in [9.17, 15) is 4.79 Å². The number of carbonyl (C=O) groups excluding carboxylic acids is 1. The van der Waals surface area contributed by atoms with E-state index >= 15 is 0 Å². The van der Waals surface area contributed by atoms with Crippen molar-refractivity contribution in [2.75, 3.05) is 20.2 Å². The zero-order chi connectivity index (χ0) is 18.3. The number of methoxy groups -OCH3 is 1. The monoisotopic (exact) mass is 371 g/mol. The third kappa shape index (κ3) is 3.01. The van der Waals surface area contributed by atoms with Gasteiger partial charge in [0.1, 0.15) is 10.6 Å². The number of likely N-dealkylation sites (tertiary alicyclic amines) is 1. The van der Waals surface area contributed by atoms with Crippen LogP contribution in [0.15, 0.2) is 24.3 Å². The predicted molar refractivity (Wildman–Crippen MR) is 103 cm³/mol. The average Bonchev–Trinajstić information content (AvgIpc) is 3.21. The Hall–Kier alpha value is -1.92. The average molecular weight is 372 g/mol. The van der Waals surface area contributed by atoms with Crippen LogP contribution in [-0.4, -0.2) is 48.1 Å². The predicted octanol–water partition coefficient (Wildman–Crippen LogP) is 3.13. The van der Waals surface area contributed by atoms with Crippen molar-refractivity contribution < 1.29 is 9.53 Å². The van der Waals surface area contributed by atoms with E-state index in [1.54, 1.807) is 7.11 Å². The summed E-state index contributed by atoms with van der Waals surface area (Å²) in [4.78, 5) is 20.6. The van der Waals surface area contributed by atoms with E-state index in [1.807, 2.05) is 26.0 Å². The number of piperidine rings is 1. The van der Waals surface area contributed by atoms with Crippen molar-refractivity contribution in [2.45, 2.75) is 44.7 Å². The maximum absolute atomic E-state index is 13.3. The number of rotatable bonds is 3. The molecule has 0 saturated carbocycles. The first-order valence-corrected chi connectivity index (χ1v) is 10.0. The Morgan fingerprint density at radius 3 is 2.96 bits per heavy atom. The van der Waals surface area contributed by atoms with Crippen LogP contribution in [0.3, 0.4) is 0 Å². The number of amides is 1. The molecule has 3 atom stereocenters. The molecule has 0 radical (unpaired) electrons. The number of fused-ring (bicyclic) bond motifs is 1. The van der Waals surface area contributed by atoms with Crippen LogP contribution in [0.4, 0.5) is 0 Å². The lowest BCUT2D eigenvalue weighted by atomic mass is 9.87. The van der Waals surface area contributed by atoms with E-state index < -0.39 is 0 Å². The Kier molecular flexibility index (Phi) is 4.71.